The molecule has 0 nitrogen and oxygen atoms in total. The lowest BCUT2D eigenvalue weighted by Crippen LogP contribution is -1.90. The summed E-state index contributed by atoms with van der Waals surface area (Å²) < 4.78 is 5.42. The predicted molar refractivity (Wildman–Crippen MR) is 204 cm³/mol. The van der Waals surface area contributed by atoms with Crippen LogP contribution in [0.3, 0.4) is 0 Å². The molecule has 2 aromatic heterocycles. The minimum Gasteiger partial charge on any atom is -0.135 e. The van der Waals surface area contributed by atoms with Crippen LogP contribution >= 0.6 is 22.7 Å². The van der Waals surface area contributed by atoms with Gasteiger partial charge in [0.25, 0.3) is 0 Å². The van der Waals surface area contributed by atoms with Gasteiger partial charge in [-0.1, -0.05) is 133 Å². The van der Waals surface area contributed by atoms with Crippen LogP contribution in [-0.4, -0.2) is 0 Å². The summed E-state index contributed by atoms with van der Waals surface area (Å²) in [5, 5.41) is 10.6. The van der Waals surface area contributed by atoms with E-state index in [1.165, 1.54) is 95.3 Å². The van der Waals surface area contributed by atoms with Crippen LogP contribution in [0, 0.1) is 0 Å². The van der Waals surface area contributed by atoms with Crippen molar-refractivity contribution in [1.29, 1.82) is 0 Å². The van der Waals surface area contributed by atoms with E-state index in [0.717, 1.165) is 0 Å². The van der Waals surface area contributed by atoms with Crippen LogP contribution in [0.15, 0.2) is 158 Å². The van der Waals surface area contributed by atoms with Crippen molar-refractivity contribution in [3.63, 3.8) is 0 Å². The van der Waals surface area contributed by atoms with Crippen LogP contribution in [-0.2, 0) is 0 Å². The van der Waals surface area contributed by atoms with Crippen LogP contribution in [0.2, 0.25) is 0 Å². The molecule has 0 radical (unpaired) electrons. The first-order valence-corrected chi connectivity index (χ1v) is 17.3. The van der Waals surface area contributed by atoms with Crippen molar-refractivity contribution in [2.45, 2.75) is 0 Å². The van der Waals surface area contributed by atoms with E-state index >= 15 is 0 Å². The van der Waals surface area contributed by atoms with Crippen molar-refractivity contribution in [3.05, 3.63) is 158 Å². The van der Waals surface area contributed by atoms with E-state index in [1.807, 2.05) is 22.7 Å². The summed E-state index contributed by atoms with van der Waals surface area (Å²) in [6.07, 6.45) is 0. The molecular weight excluding hydrogens is 593 g/mol. The highest BCUT2D eigenvalue weighted by atomic mass is 32.1. The van der Waals surface area contributed by atoms with Crippen molar-refractivity contribution in [2.24, 2.45) is 0 Å². The van der Waals surface area contributed by atoms with Gasteiger partial charge in [0.1, 0.15) is 0 Å². The minimum atomic E-state index is 1.24. The molecule has 0 spiro atoms. The molecule has 10 rings (SSSR count). The van der Waals surface area contributed by atoms with Gasteiger partial charge < -0.3 is 0 Å². The molecule has 214 valence electrons. The fraction of sp³-hybridized carbons (Fsp3) is 0. The van der Waals surface area contributed by atoms with E-state index in [1.54, 1.807) is 0 Å². The van der Waals surface area contributed by atoms with Gasteiger partial charge in [0.15, 0.2) is 0 Å². The Hall–Kier alpha value is -5.28. The SMILES string of the molecule is c1ccc(-c2c3ccccc3c(-c3ccc(-c4ccc5c(c4)sc4cc6c(cc45)sc4ccccc46)cc3)c3ccccc23)cc1. The van der Waals surface area contributed by atoms with Gasteiger partial charge in [-0.3, -0.25) is 0 Å². The van der Waals surface area contributed by atoms with E-state index in [4.69, 9.17) is 0 Å². The molecule has 0 atom stereocenters. The van der Waals surface area contributed by atoms with Gasteiger partial charge in [0.2, 0.25) is 0 Å². The largest absolute Gasteiger partial charge is 0.135 e. The Labute approximate surface area is 274 Å². The van der Waals surface area contributed by atoms with Gasteiger partial charge in [0.05, 0.1) is 0 Å². The van der Waals surface area contributed by atoms with Crippen molar-refractivity contribution in [3.8, 4) is 33.4 Å². The molecule has 0 saturated heterocycles. The lowest BCUT2D eigenvalue weighted by Gasteiger charge is -2.18. The fourth-order valence-electron chi connectivity index (χ4n) is 7.36. The predicted octanol–water partition coefficient (Wildman–Crippen LogP) is 13.7. The van der Waals surface area contributed by atoms with Crippen LogP contribution in [0.5, 0.6) is 0 Å². The normalized spacial score (nSPS) is 11.9. The summed E-state index contributed by atoms with van der Waals surface area (Å²) in [5.41, 5.74) is 7.59. The van der Waals surface area contributed by atoms with Gasteiger partial charge in [0, 0.05) is 40.3 Å². The third-order valence-electron chi connectivity index (χ3n) is 9.47. The molecule has 2 heteroatoms. The van der Waals surface area contributed by atoms with E-state index in [9.17, 15) is 0 Å². The highest BCUT2D eigenvalue weighted by Crippen LogP contribution is 2.45. The zero-order valence-corrected chi connectivity index (χ0v) is 26.5. The molecule has 2 heterocycles. The van der Waals surface area contributed by atoms with Gasteiger partial charge in [-0.2, -0.15) is 0 Å². The minimum absolute atomic E-state index is 1.24. The first-order chi connectivity index (χ1) is 22.8. The molecule has 0 fully saturated rings. The Bertz CT molecular complexity index is 2720. The second-order valence-electron chi connectivity index (χ2n) is 12.0. The Morgan fingerprint density at radius 1 is 0.239 bits per heavy atom. The third-order valence-corrected chi connectivity index (χ3v) is 11.7. The maximum atomic E-state index is 2.40. The number of hydrogen-bond acceptors (Lipinski definition) is 2. The topological polar surface area (TPSA) is 0 Å². The molecule has 10 aromatic rings. The second kappa shape index (κ2) is 10.1. The van der Waals surface area contributed by atoms with E-state index < -0.39 is 0 Å². The molecule has 0 N–H and O–H groups in total. The van der Waals surface area contributed by atoms with Crippen LogP contribution < -0.4 is 0 Å². The fourth-order valence-corrected chi connectivity index (χ4v) is 9.65. The molecule has 0 aliphatic rings. The standard InChI is InChI=1S/C44H26S2/c1-2-10-28(11-3-1)43-33-13-4-6-15-35(33)44(36-16-7-5-14-34(36)43)29-20-18-27(19-21-29)30-22-23-32-38-26-41-37(25-42(38)46-40(32)24-30)31-12-8-9-17-39(31)45-41/h1-26H. The number of thiophene rings is 2. The summed E-state index contributed by atoms with van der Waals surface area (Å²) >= 11 is 3.80. The van der Waals surface area contributed by atoms with Crippen LogP contribution in [0.25, 0.3) is 95.3 Å². The molecule has 0 aliphatic heterocycles. The number of fused-ring (bicyclic) bond motifs is 8. The first-order valence-electron chi connectivity index (χ1n) is 15.7. The molecule has 0 saturated carbocycles. The Balaban J connectivity index is 1.10. The maximum absolute atomic E-state index is 2.40. The van der Waals surface area contributed by atoms with Crippen molar-refractivity contribution in [2.75, 3.05) is 0 Å². The first kappa shape index (κ1) is 26.0. The highest BCUT2D eigenvalue weighted by Gasteiger charge is 2.17. The average Bonchev–Trinajstić information content (AvgIpc) is 3.66. The van der Waals surface area contributed by atoms with Gasteiger partial charge in [-0.05, 0) is 79.2 Å². The number of benzene rings is 8. The van der Waals surface area contributed by atoms with Gasteiger partial charge in [-0.25, -0.2) is 0 Å². The second-order valence-corrected chi connectivity index (χ2v) is 14.2. The highest BCUT2D eigenvalue weighted by molar-refractivity contribution is 7.27. The average molecular weight is 619 g/mol. The van der Waals surface area contributed by atoms with Gasteiger partial charge >= 0.3 is 0 Å². The van der Waals surface area contributed by atoms with Gasteiger partial charge in [-0.15, -0.1) is 22.7 Å². The molecule has 0 amide bonds. The Morgan fingerprint density at radius 3 is 1.26 bits per heavy atom. The van der Waals surface area contributed by atoms with E-state index in [-0.39, 0.29) is 0 Å². The summed E-state index contributed by atoms with van der Waals surface area (Å²) in [7, 11) is 0. The molecule has 8 aromatic carbocycles. The van der Waals surface area contributed by atoms with Crippen LogP contribution in [0.4, 0.5) is 0 Å². The number of hydrogen-bond donors (Lipinski definition) is 0. The van der Waals surface area contributed by atoms with Crippen molar-refractivity contribution < 1.29 is 0 Å². The van der Waals surface area contributed by atoms with E-state index in [0.29, 0.717) is 0 Å². The van der Waals surface area contributed by atoms with Crippen molar-refractivity contribution in [1.82, 2.24) is 0 Å². The van der Waals surface area contributed by atoms with Crippen molar-refractivity contribution >= 4 is 84.6 Å². The maximum Gasteiger partial charge on any atom is 0.0362 e. The monoisotopic (exact) mass is 618 g/mol. The smallest absolute Gasteiger partial charge is 0.0362 e. The molecule has 0 bridgehead atoms. The zero-order chi connectivity index (χ0) is 30.2. The van der Waals surface area contributed by atoms with Crippen LogP contribution in [0.1, 0.15) is 0 Å². The summed E-state index contributed by atoms with van der Waals surface area (Å²) in [6, 6.07) is 58.3. The lowest BCUT2D eigenvalue weighted by molar-refractivity contribution is 1.63. The number of rotatable bonds is 3. The Morgan fingerprint density at radius 2 is 0.652 bits per heavy atom. The lowest BCUT2D eigenvalue weighted by atomic mass is 9.86. The zero-order valence-electron chi connectivity index (χ0n) is 24.8. The summed E-state index contributed by atoms with van der Waals surface area (Å²) in [5.74, 6) is 0. The third kappa shape index (κ3) is 3.91. The molecular formula is C44H26S2. The summed E-state index contributed by atoms with van der Waals surface area (Å²) in [6.45, 7) is 0. The quantitative estimate of drug-likeness (QED) is 0.173. The molecule has 0 aliphatic carbocycles. The van der Waals surface area contributed by atoms with E-state index in [2.05, 4.69) is 158 Å². The Kier molecular flexibility index (Phi) is 5.72. The molecule has 0 unspecified atom stereocenters. The molecule has 46 heavy (non-hydrogen) atoms. The summed E-state index contributed by atoms with van der Waals surface area (Å²) in [4.78, 5) is 0.